The Balaban J connectivity index is 0.00000225. The Hall–Kier alpha value is -0.620. The van der Waals surface area contributed by atoms with Gasteiger partial charge in [-0.1, -0.05) is 25.3 Å². The summed E-state index contributed by atoms with van der Waals surface area (Å²) in [5.74, 6) is 0.235. The summed E-state index contributed by atoms with van der Waals surface area (Å²) in [5.41, 5.74) is -0.214. The van der Waals surface area contributed by atoms with Crippen LogP contribution in [-0.4, -0.2) is 39.3 Å². The molecular weight excluding hydrogens is 356 g/mol. The maximum Gasteiger partial charge on any atom is 0.231 e. The van der Waals surface area contributed by atoms with Crippen molar-refractivity contribution >= 4 is 29.7 Å². The number of methoxy groups -OCH3 is 1. The number of amides is 1. The van der Waals surface area contributed by atoms with E-state index in [1.54, 1.807) is 18.4 Å². The minimum Gasteiger partial charge on any atom is -0.384 e. The Morgan fingerprint density at radius 1 is 1.24 bits per heavy atom. The second kappa shape index (κ2) is 9.36. The monoisotopic (exact) mass is 386 g/mol. The van der Waals surface area contributed by atoms with Gasteiger partial charge in [0.15, 0.2) is 0 Å². The largest absolute Gasteiger partial charge is 0.384 e. The first-order valence-corrected chi connectivity index (χ1v) is 10.1. The molecule has 4 nitrogen and oxygen atoms in total. The minimum absolute atomic E-state index is 0. The van der Waals surface area contributed by atoms with Crippen LogP contribution in [-0.2, 0) is 14.9 Å². The fourth-order valence-corrected chi connectivity index (χ4v) is 5.35. The molecule has 25 heavy (non-hydrogen) atoms. The van der Waals surface area contributed by atoms with Crippen molar-refractivity contribution in [2.75, 3.05) is 33.4 Å². The Labute approximate surface area is 161 Å². The van der Waals surface area contributed by atoms with Gasteiger partial charge in [-0.15, -0.1) is 23.7 Å². The molecule has 1 amide bonds. The van der Waals surface area contributed by atoms with Gasteiger partial charge in [0.1, 0.15) is 0 Å². The standard InChI is InChI=1S/C19H30N2O2S.ClH/c1-23-15-18(9-11-20-12-10-18)14-21-17(22)19(7-3-2-4-8-19)16-6-5-13-24-16;/h5-6,13,20H,2-4,7-12,14-15H2,1H3,(H,21,22);1H. The molecule has 2 heterocycles. The zero-order valence-electron chi connectivity index (χ0n) is 15.1. The molecule has 1 aromatic heterocycles. The highest BCUT2D eigenvalue weighted by Gasteiger charge is 2.43. The predicted molar refractivity (Wildman–Crippen MR) is 106 cm³/mol. The zero-order chi connectivity index (χ0) is 16.9. The van der Waals surface area contributed by atoms with Gasteiger partial charge in [-0.25, -0.2) is 0 Å². The van der Waals surface area contributed by atoms with Crippen LogP contribution in [0.4, 0.5) is 0 Å². The molecule has 2 fully saturated rings. The molecule has 0 spiro atoms. The van der Waals surface area contributed by atoms with Crippen LogP contribution in [0.1, 0.15) is 49.8 Å². The van der Waals surface area contributed by atoms with Gasteiger partial charge in [0, 0.05) is 23.9 Å². The van der Waals surface area contributed by atoms with Crippen molar-refractivity contribution < 1.29 is 9.53 Å². The van der Waals surface area contributed by atoms with E-state index >= 15 is 0 Å². The van der Waals surface area contributed by atoms with Crippen molar-refractivity contribution in [1.82, 2.24) is 10.6 Å². The summed E-state index contributed by atoms with van der Waals surface area (Å²) in [6.45, 7) is 3.47. The minimum atomic E-state index is -0.298. The average molecular weight is 387 g/mol. The molecule has 0 atom stereocenters. The van der Waals surface area contributed by atoms with Crippen LogP contribution < -0.4 is 10.6 Å². The molecule has 0 aromatic carbocycles. The lowest BCUT2D eigenvalue weighted by molar-refractivity contribution is -0.128. The Morgan fingerprint density at radius 3 is 2.56 bits per heavy atom. The Bertz CT molecular complexity index is 518. The van der Waals surface area contributed by atoms with Gasteiger partial charge in [0.25, 0.3) is 0 Å². The summed E-state index contributed by atoms with van der Waals surface area (Å²) in [4.78, 5) is 14.5. The molecular formula is C19H31ClN2O2S. The summed E-state index contributed by atoms with van der Waals surface area (Å²) < 4.78 is 5.48. The molecule has 6 heteroatoms. The highest BCUT2D eigenvalue weighted by Crippen LogP contribution is 2.42. The van der Waals surface area contributed by atoms with Crippen LogP contribution in [0.2, 0.25) is 0 Å². The second-order valence-electron chi connectivity index (χ2n) is 7.49. The molecule has 3 rings (SSSR count). The molecule has 0 radical (unpaired) electrons. The molecule has 1 saturated carbocycles. The molecule has 1 aliphatic carbocycles. The quantitative estimate of drug-likeness (QED) is 0.786. The SMILES string of the molecule is COCC1(CNC(=O)C2(c3cccs3)CCCCC2)CCNCC1.Cl. The number of carbonyl (C=O) groups excluding carboxylic acids is 1. The van der Waals surface area contributed by atoms with E-state index in [0.29, 0.717) is 0 Å². The van der Waals surface area contributed by atoms with E-state index < -0.39 is 0 Å². The number of hydrogen-bond acceptors (Lipinski definition) is 4. The number of carbonyl (C=O) groups is 1. The number of rotatable bonds is 6. The van der Waals surface area contributed by atoms with E-state index in [1.807, 2.05) is 0 Å². The van der Waals surface area contributed by atoms with E-state index in [9.17, 15) is 4.79 Å². The summed E-state index contributed by atoms with van der Waals surface area (Å²) in [5, 5.41) is 8.84. The predicted octanol–water partition coefficient (Wildman–Crippen LogP) is 3.50. The summed E-state index contributed by atoms with van der Waals surface area (Å²) in [6.07, 6.45) is 7.65. The maximum absolute atomic E-state index is 13.2. The van der Waals surface area contributed by atoms with E-state index in [-0.39, 0.29) is 29.1 Å². The first-order chi connectivity index (χ1) is 11.7. The van der Waals surface area contributed by atoms with Crippen molar-refractivity contribution in [3.63, 3.8) is 0 Å². The van der Waals surface area contributed by atoms with Gasteiger partial charge in [-0.2, -0.15) is 0 Å². The summed E-state index contributed by atoms with van der Waals surface area (Å²) in [7, 11) is 1.76. The summed E-state index contributed by atoms with van der Waals surface area (Å²) in [6, 6.07) is 4.22. The van der Waals surface area contributed by atoms with Crippen LogP contribution >= 0.6 is 23.7 Å². The van der Waals surface area contributed by atoms with Crippen molar-refractivity contribution in [1.29, 1.82) is 0 Å². The fourth-order valence-electron chi connectivity index (χ4n) is 4.36. The smallest absolute Gasteiger partial charge is 0.231 e. The van der Waals surface area contributed by atoms with E-state index in [1.165, 1.54) is 11.3 Å². The molecule has 0 bridgehead atoms. The third-order valence-electron chi connectivity index (χ3n) is 5.87. The van der Waals surface area contributed by atoms with Crippen molar-refractivity contribution in [2.45, 2.75) is 50.4 Å². The van der Waals surface area contributed by atoms with Gasteiger partial charge in [0.05, 0.1) is 12.0 Å². The third kappa shape index (κ3) is 4.57. The van der Waals surface area contributed by atoms with Crippen LogP contribution in [0, 0.1) is 5.41 Å². The van der Waals surface area contributed by atoms with E-state index in [2.05, 4.69) is 28.1 Å². The summed E-state index contributed by atoms with van der Waals surface area (Å²) >= 11 is 1.73. The van der Waals surface area contributed by atoms with Gasteiger partial charge in [-0.05, 0) is 50.2 Å². The lowest BCUT2D eigenvalue weighted by Crippen LogP contribution is -2.52. The van der Waals surface area contributed by atoms with E-state index in [0.717, 1.165) is 64.8 Å². The maximum atomic E-state index is 13.2. The van der Waals surface area contributed by atoms with E-state index in [4.69, 9.17) is 4.74 Å². The molecule has 2 N–H and O–H groups in total. The molecule has 1 aliphatic heterocycles. The van der Waals surface area contributed by atoms with Crippen LogP contribution in [0.3, 0.4) is 0 Å². The molecule has 0 unspecified atom stereocenters. The average Bonchev–Trinajstić information content (AvgIpc) is 3.17. The van der Waals surface area contributed by atoms with Crippen molar-refractivity contribution in [2.24, 2.45) is 5.41 Å². The zero-order valence-corrected chi connectivity index (χ0v) is 16.8. The highest BCUT2D eigenvalue weighted by molar-refractivity contribution is 7.10. The number of ether oxygens (including phenoxy) is 1. The van der Waals surface area contributed by atoms with Crippen LogP contribution in [0.25, 0.3) is 0 Å². The Kier molecular flexibility index (Phi) is 7.74. The third-order valence-corrected chi connectivity index (χ3v) is 6.95. The van der Waals surface area contributed by atoms with Gasteiger partial charge in [-0.3, -0.25) is 4.79 Å². The topological polar surface area (TPSA) is 50.4 Å². The normalized spacial score (nSPS) is 22.0. The first-order valence-electron chi connectivity index (χ1n) is 9.23. The molecule has 142 valence electrons. The van der Waals surface area contributed by atoms with Gasteiger partial charge >= 0.3 is 0 Å². The number of piperidine rings is 1. The molecule has 1 saturated heterocycles. The van der Waals surface area contributed by atoms with Crippen molar-refractivity contribution in [3.05, 3.63) is 22.4 Å². The lowest BCUT2D eigenvalue weighted by Gasteiger charge is -2.40. The second-order valence-corrected chi connectivity index (χ2v) is 8.43. The first kappa shape index (κ1) is 20.7. The number of thiophene rings is 1. The number of nitrogens with one attached hydrogen (secondary N) is 2. The van der Waals surface area contributed by atoms with Crippen molar-refractivity contribution in [3.8, 4) is 0 Å². The highest BCUT2D eigenvalue weighted by atomic mass is 35.5. The van der Waals surface area contributed by atoms with Gasteiger partial charge < -0.3 is 15.4 Å². The lowest BCUT2D eigenvalue weighted by atomic mass is 9.71. The van der Waals surface area contributed by atoms with Crippen LogP contribution in [0.15, 0.2) is 17.5 Å². The van der Waals surface area contributed by atoms with Crippen LogP contribution in [0.5, 0.6) is 0 Å². The van der Waals surface area contributed by atoms with Gasteiger partial charge in [0.2, 0.25) is 5.91 Å². The number of hydrogen-bond donors (Lipinski definition) is 2. The Morgan fingerprint density at radius 2 is 1.96 bits per heavy atom. The number of halogens is 1. The molecule has 1 aromatic rings. The molecule has 2 aliphatic rings. The fraction of sp³-hybridized carbons (Fsp3) is 0.737.